The van der Waals surface area contributed by atoms with Gasteiger partial charge < -0.3 is 9.64 Å². The predicted octanol–water partition coefficient (Wildman–Crippen LogP) is 4.02. The summed E-state index contributed by atoms with van der Waals surface area (Å²) in [5.74, 6) is -1.30. The summed E-state index contributed by atoms with van der Waals surface area (Å²) in [5.41, 5.74) is -0.808. The van der Waals surface area contributed by atoms with Gasteiger partial charge in [0.1, 0.15) is 5.75 Å². The Hall–Kier alpha value is -2.48. The second-order valence-corrected chi connectivity index (χ2v) is 5.14. The molecule has 130 valence electrons. The number of alkyl halides is 3. The number of hydrogen-bond acceptors (Lipinski definition) is 4. The van der Waals surface area contributed by atoms with Crippen LogP contribution in [0.15, 0.2) is 36.5 Å². The van der Waals surface area contributed by atoms with Crippen molar-refractivity contribution in [3.05, 3.63) is 53.5 Å². The highest BCUT2D eigenvalue weighted by atomic mass is 19.4. The van der Waals surface area contributed by atoms with E-state index < -0.39 is 23.4 Å². The van der Waals surface area contributed by atoms with E-state index in [-0.39, 0.29) is 11.3 Å². The number of hydrogen-bond donors (Lipinski definition) is 0. The smallest absolute Gasteiger partial charge is 0.416 e. The summed E-state index contributed by atoms with van der Waals surface area (Å²) < 4.78 is 55.5. The van der Waals surface area contributed by atoms with Crippen molar-refractivity contribution in [3.63, 3.8) is 0 Å². The van der Waals surface area contributed by atoms with Gasteiger partial charge in [0.15, 0.2) is 12.1 Å². The van der Waals surface area contributed by atoms with Crippen molar-refractivity contribution < 1.29 is 27.1 Å². The van der Waals surface area contributed by atoms with Gasteiger partial charge in [-0.25, -0.2) is 9.37 Å². The van der Waals surface area contributed by atoms with E-state index in [1.165, 1.54) is 0 Å². The lowest BCUT2D eigenvalue weighted by Crippen LogP contribution is -2.04. The standard InChI is InChI=1S/C13H7F4NO2.C3H9N/c14-11-5-8(7-19)6-18-12(11)20-10-3-1-9(2-4-10)13(15,16)17;1-4(2)3/h1-7H;1-3H3. The van der Waals surface area contributed by atoms with Crippen molar-refractivity contribution in [2.75, 3.05) is 21.1 Å². The molecule has 0 aliphatic heterocycles. The molecule has 0 aliphatic rings. The Bertz CT molecular complexity index is 668. The molecule has 0 bridgehead atoms. The lowest BCUT2D eigenvalue weighted by molar-refractivity contribution is -0.137. The van der Waals surface area contributed by atoms with Crippen LogP contribution in [0.25, 0.3) is 0 Å². The number of carbonyl (C=O) groups excluding carboxylic acids is 1. The van der Waals surface area contributed by atoms with Crippen LogP contribution in [0.5, 0.6) is 11.6 Å². The molecule has 1 aromatic carbocycles. The zero-order valence-electron chi connectivity index (χ0n) is 13.3. The van der Waals surface area contributed by atoms with Crippen LogP contribution in [-0.4, -0.2) is 37.3 Å². The maximum Gasteiger partial charge on any atom is 0.416 e. The van der Waals surface area contributed by atoms with Crippen molar-refractivity contribution in [1.82, 2.24) is 9.88 Å². The summed E-state index contributed by atoms with van der Waals surface area (Å²) in [5, 5.41) is 0. The van der Waals surface area contributed by atoms with Crippen LogP contribution in [0, 0.1) is 5.82 Å². The van der Waals surface area contributed by atoms with Crippen molar-refractivity contribution in [2.24, 2.45) is 0 Å². The monoisotopic (exact) mass is 344 g/mol. The van der Waals surface area contributed by atoms with Crippen LogP contribution < -0.4 is 4.74 Å². The molecule has 24 heavy (non-hydrogen) atoms. The summed E-state index contributed by atoms with van der Waals surface area (Å²) in [7, 11) is 6.00. The lowest BCUT2D eigenvalue weighted by atomic mass is 10.2. The Balaban J connectivity index is 0.000000648. The second-order valence-electron chi connectivity index (χ2n) is 5.14. The van der Waals surface area contributed by atoms with E-state index in [1.54, 1.807) is 0 Å². The Morgan fingerprint density at radius 2 is 1.67 bits per heavy atom. The fraction of sp³-hybridized carbons (Fsp3) is 0.250. The Morgan fingerprint density at radius 1 is 1.12 bits per heavy atom. The van der Waals surface area contributed by atoms with Gasteiger partial charge in [-0.05, 0) is 51.5 Å². The highest BCUT2D eigenvalue weighted by Gasteiger charge is 2.30. The topological polar surface area (TPSA) is 42.4 Å². The van der Waals surface area contributed by atoms with Crippen molar-refractivity contribution in [2.45, 2.75) is 6.18 Å². The molecule has 0 atom stereocenters. The van der Waals surface area contributed by atoms with Crippen LogP contribution in [0.2, 0.25) is 0 Å². The van der Waals surface area contributed by atoms with Gasteiger partial charge in [-0.3, -0.25) is 4.79 Å². The average Bonchev–Trinajstić information content (AvgIpc) is 2.48. The SMILES string of the molecule is CN(C)C.O=Cc1cnc(Oc2ccc(C(F)(F)F)cc2)c(F)c1. The van der Waals surface area contributed by atoms with Gasteiger partial charge in [-0.15, -0.1) is 0 Å². The van der Waals surface area contributed by atoms with E-state index in [9.17, 15) is 22.4 Å². The van der Waals surface area contributed by atoms with Gasteiger partial charge in [0.05, 0.1) is 5.56 Å². The second kappa shape index (κ2) is 8.39. The molecular weight excluding hydrogens is 328 g/mol. The molecule has 0 amide bonds. The first-order chi connectivity index (χ1) is 11.1. The number of benzene rings is 1. The fourth-order valence-electron chi connectivity index (χ4n) is 1.40. The molecule has 0 aliphatic carbocycles. The third kappa shape index (κ3) is 6.33. The maximum absolute atomic E-state index is 13.5. The van der Waals surface area contributed by atoms with E-state index in [0.29, 0.717) is 6.29 Å². The summed E-state index contributed by atoms with van der Waals surface area (Å²) in [6.45, 7) is 0. The van der Waals surface area contributed by atoms with E-state index in [4.69, 9.17) is 4.74 Å². The molecule has 0 unspecified atom stereocenters. The number of aromatic nitrogens is 1. The minimum atomic E-state index is -4.45. The molecule has 0 radical (unpaired) electrons. The van der Waals surface area contributed by atoms with Crippen molar-refractivity contribution >= 4 is 6.29 Å². The normalized spacial score (nSPS) is 10.8. The molecule has 2 aromatic rings. The number of nitrogens with zero attached hydrogens (tertiary/aromatic N) is 2. The molecule has 1 heterocycles. The third-order valence-electron chi connectivity index (χ3n) is 2.36. The number of pyridine rings is 1. The number of halogens is 4. The van der Waals surface area contributed by atoms with Gasteiger partial charge in [0, 0.05) is 11.8 Å². The molecule has 8 heteroatoms. The largest absolute Gasteiger partial charge is 0.436 e. The third-order valence-corrected chi connectivity index (χ3v) is 2.36. The number of aldehydes is 1. The van der Waals surface area contributed by atoms with Crippen LogP contribution in [-0.2, 0) is 6.18 Å². The molecule has 0 saturated carbocycles. The Morgan fingerprint density at radius 3 is 2.08 bits per heavy atom. The first-order valence-corrected chi connectivity index (χ1v) is 6.70. The zero-order chi connectivity index (χ0) is 18.3. The van der Waals surface area contributed by atoms with E-state index >= 15 is 0 Å². The molecule has 0 saturated heterocycles. The minimum Gasteiger partial charge on any atom is -0.436 e. The number of rotatable bonds is 3. The van der Waals surface area contributed by atoms with Crippen LogP contribution in [0.3, 0.4) is 0 Å². The lowest BCUT2D eigenvalue weighted by Gasteiger charge is -2.08. The number of carbonyl (C=O) groups is 1. The van der Waals surface area contributed by atoms with Crippen LogP contribution in [0.4, 0.5) is 17.6 Å². The van der Waals surface area contributed by atoms with E-state index in [2.05, 4.69) is 4.98 Å². The molecule has 0 fully saturated rings. The van der Waals surface area contributed by atoms with Crippen LogP contribution in [0.1, 0.15) is 15.9 Å². The highest BCUT2D eigenvalue weighted by molar-refractivity contribution is 5.74. The average molecular weight is 344 g/mol. The molecular formula is C16H16F4N2O2. The summed E-state index contributed by atoms with van der Waals surface area (Å²) >= 11 is 0. The first kappa shape index (κ1) is 19.6. The minimum absolute atomic E-state index is 0.00301. The molecule has 0 N–H and O–H groups in total. The summed E-state index contributed by atoms with van der Waals surface area (Å²) in [4.78, 5) is 16.0. The number of ether oxygens (including phenoxy) is 1. The predicted molar refractivity (Wildman–Crippen MR) is 80.7 cm³/mol. The van der Waals surface area contributed by atoms with Crippen molar-refractivity contribution in [1.29, 1.82) is 0 Å². The molecule has 1 aromatic heterocycles. The maximum atomic E-state index is 13.5. The zero-order valence-corrected chi connectivity index (χ0v) is 13.3. The summed E-state index contributed by atoms with van der Waals surface area (Å²) in [6, 6.07) is 4.65. The van der Waals surface area contributed by atoms with Crippen molar-refractivity contribution in [3.8, 4) is 11.6 Å². The summed E-state index contributed by atoms with van der Waals surface area (Å²) in [6.07, 6.45) is -2.94. The van der Waals surface area contributed by atoms with Gasteiger partial charge in [-0.1, -0.05) is 0 Å². The molecule has 0 spiro atoms. The van der Waals surface area contributed by atoms with Gasteiger partial charge in [-0.2, -0.15) is 13.2 Å². The van der Waals surface area contributed by atoms with Gasteiger partial charge in [0.25, 0.3) is 5.88 Å². The molecule has 4 nitrogen and oxygen atoms in total. The highest BCUT2D eigenvalue weighted by Crippen LogP contribution is 2.31. The fourth-order valence-corrected chi connectivity index (χ4v) is 1.40. The van der Waals surface area contributed by atoms with E-state index in [0.717, 1.165) is 36.5 Å². The Kier molecular flexibility index (Phi) is 6.84. The van der Waals surface area contributed by atoms with Gasteiger partial charge >= 0.3 is 6.18 Å². The Labute approximate surface area is 136 Å². The molecule has 2 rings (SSSR count). The van der Waals surface area contributed by atoms with Crippen LogP contribution >= 0.6 is 0 Å². The quantitative estimate of drug-likeness (QED) is 0.623. The first-order valence-electron chi connectivity index (χ1n) is 6.70. The van der Waals surface area contributed by atoms with E-state index in [1.807, 2.05) is 26.0 Å². The van der Waals surface area contributed by atoms with Gasteiger partial charge in [0.2, 0.25) is 0 Å².